The number of ether oxygens (including phenoxy) is 2. The van der Waals surface area contributed by atoms with Gasteiger partial charge >= 0.3 is 5.97 Å². The van der Waals surface area contributed by atoms with Crippen LogP contribution < -0.4 is 10.9 Å². The second-order valence-electron chi connectivity index (χ2n) is 6.43. The van der Waals surface area contributed by atoms with Crippen LogP contribution in [0.4, 0.5) is 0 Å². The molecule has 0 saturated carbocycles. The molecule has 1 aromatic carbocycles. The summed E-state index contributed by atoms with van der Waals surface area (Å²) in [6, 6.07) is 4.47. The van der Waals surface area contributed by atoms with Crippen molar-refractivity contribution in [3.8, 4) is 0 Å². The number of nitrogens with zero attached hydrogens (tertiary/aromatic N) is 2. The monoisotopic (exact) mass is 423 g/mol. The van der Waals surface area contributed by atoms with Crippen LogP contribution in [0.1, 0.15) is 24.2 Å². The van der Waals surface area contributed by atoms with Gasteiger partial charge in [0.05, 0.1) is 48.1 Å². The van der Waals surface area contributed by atoms with Gasteiger partial charge in [0.1, 0.15) is 0 Å². The number of carbonyl (C=O) groups excluding carboxylic acids is 2. The van der Waals surface area contributed by atoms with E-state index in [-0.39, 0.29) is 28.7 Å². The van der Waals surface area contributed by atoms with Gasteiger partial charge in [-0.15, -0.1) is 0 Å². The van der Waals surface area contributed by atoms with Crippen LogP contribution in [0.2, 0.25) is 0 Å². The Bertz CT molecular complexity index is 943. The summed E-state index contributed by atoms with van der Waals surface area (Å²) >= 11 is 1.10. The first kappa shape index (κ1) is 22.9. The fourth-order valence-corrected chi connectivity index (χ4v) is 3.53. The fraction of sp³-hybridized carbons (Fsp3) is 0.474. The molecule has 1 amide bonds. The molecule has 2 atom stereocenters. The number of fused-ring (bicyclic) bond motifs is 1. The van der Waals surface area contributed by atoms with Crippen molar-refractivity contribution in [2.45, 2.75) is 36.9 Å². The lowest BCUT2D eigenvalue weighted by molar-refractivity contribution is -0.120. The maximum absolute atomic E-state index is 13.0. The summed E-state index contributed by atoms with van der Waals surface area (Å²) in [7, 11) is 2.81. The number of esters is 1. The smallest absolute Gasteiger partial charge is 0.337 e. The van der Waals surface area contributed by atoms with Gasteiger partial charge in [-0.3, -0.25) is 14.2 Å². The van der Waals surface area contributed by atoms with Gasteiger partial charge in [0.2, 0.25) is 5.91 Å². The molecule has 2 rings (SSSR count). The summed E-state index contributed by atoms with van der Waals surface area (Å²) < 4.78 is 11.0. The number of carbonyl (C=O) groups is 2. The molecular formula is C19H25N3O6S. The van der Waals surface area contributed by atoms with E-state index in [4.69, 9.17) is 9.47 Å². The molecule has 158 valence electrons. The number of rotatable bonds is 9. The lowest BCUT2D eigenvalue weighted by Gasteiger charge is -2.17. The maximum atomic E-state index is 13.0. The number of hydrogen-bond acceptors (Lipinski definition) is 8. The Hall–Kier alpha value is -2.43. The van der Waals surface area contributed by atoms with E-state index < -0.39 is 17.3 Å². The third-order valence-corrected chi connectivity index (χ3v) is 5.14. The van der Waals surface area contributed by atoms with Gasteiger partial charge in [0.15, 0.2) is 5.16 Å². The third kappa shape index (κ3) is 5.78. The Morgan fingerprint density at radius 3 is 2.66 bits per heavy atom. The van der Waals surface area contributed by atoms with E-state index >= 15 is 0 Å². The molecule has 0 aliphatic carbocycles. The minimum absolute atomic E-state index is 0.0286. The zero-order valence-electron chi connectivity index (χ0n) is 16.8. The van der Waals surface area contributed by atoms with E-state index in [0.29, 0.717) is 24.1 Å². The van der Waals surface area contributed by atoms with Crippen LogP contribution in [0.3, 0.4) is 0 Å². The first-order chi connectivity index (χ1) is 13.8. The minimum Gasteiger partial charge on any atom is -0.465 e. The first-order valence-electron chi connectivity index (χ1n) is 9.02. The zero-order valence-corrected chi connectivity index (χ0v) is 17.6. The van der Waals surface area contributed by atoms with Crippen molar-refractivity contribution in [2.24, 2.45) is 0 Å². The Kier molecular flexibility index (Phi) is 8.18. The normalized spacial score (nSPS) is 13.1. The molecule has 29 heavy (non-hydrogen) atoms. The summed E-state index contributed by atoms with van der Waals surface area (Å²) in [4.78, 5) is 41.5. The summed E-state index contributed by atoms with van der Waals surface area (Å²) in [5, 5.41) is 12.6. The fourth-order valence-electron chi connectivity index (χ4n) is 2.59. The molecule has 0 unspecified atom stereocenters. The molecule has 0 spiro atoms. The quantitative estimate of drug-likeness (QED) is 0.263. The van der Waals surface area contributed by atoms with E-state index in [9.17, 15) is 19.5 Å². The molecule has 1 heterocycles. The van der Waals surface area contributed by atoms with Crippen molar-refractivity contribution in [1.82, 2.24) is 14.9 Å². The number of aliphatic hydroxyl groups is 1. The highest BCUT2D eigenvalue weighted by atomic mass is 32.2. The van der Waals surface area contributed by atoms with Crippen molar-refractivity contribution in [1.29, 1.82) is 0 Å². The van der Waals surface area contributed by atoms with Crippen molar-refractivity contribution >= 4 is 34.5 Å². The van der Waals surface area contributed by atoms with E-state index in [1.165, 1.54) is 29.9 Å². The van der Waals surface area contributed by atoms with Crippen LogP contribution >= 0.6 is 11.8 Å². The minimum atomic E-state index is -0.786. The number of amides is 1. The lowest BCUT2D eigenvalue weighted by Crippen LogP contribution is -2.34. The zero-order chi connectivity index (χ0) is 21.6. The predicted molar refractivity (Wildman–Crippen MR) is 109 cm³/mol. The van der Waals surface area contributed by atoms with Crippen molar-refractivity contribution in [3.05, 3.63) is 34.1 Å². The number of hydrogen-bond donors (Lipinski definition) is 2. The number of thioether (sulfide) groups is 1. The Labute approximate surface area is 172 Å². The summed E-state index contributed by atoms with van der Waals surface area (Å²) in [5.41, 5.74) is 0.220. The van der Waals surface area contributed by atoms with Crippen LogP contribution in [-0.2, 0) is 20.8 Å². The molecule has 0 bridgehead atoms. The average molecular weight is 423 g/mol. The van der Waals surface area contributed by atoms with Crippen LogP contribution in [0.5, 0.6) is 0 Å². The van der Waals surface area contributed by atoms with Gasteiger partial charge < -0.3 is 19.9 Å². The number of aliphatic hydroxyl groups excluding tert-OH is 1. The van der Waals surface area contributed by atoms with Crippen molar-refractivity contribution in [3.63, 3.8) is 0 Å². The van der Waals surface area contributed by atoms with Crippen LogP contribution in [0, 0.1) is 0 Å². The highest BCUT2D eigenvalue weighted by Crippen LogP contribution is 2.23. The summed E-state index contributed by atoms with van der Waals surface area (Å²) in [6.45, 7) is 4.04. The Morgan fingerprint density at radius 1 is 1.31 bits per heavy atom. The van der Waals surface area contributed by atoms with Gasteiger partial charge in [-0.25, -0.2) is 9.78 Å². The van der Waals surface area contributed by atoms with Gasteiger partial charge in [0, 0.05) is 13.7 Å². The Morgan fingerprint density at radius 2 is 2.03 bits per heavy atom. The standard InChI is InChI=1S/C19H25N3O6S/c1-11(23)10-22-17(25)14-6-5-13(18(26)28-4)9-15(14)21-19(22)29-12(2)16(24)20-7-8-27-3/h5-6,9,11-12,23H,7-8,10H2,1-4H3,(H,20,24)/t11-,12+/m1/s1. The molecule has 2 N–H and O–H groups in total. The lowest BCUT2D eigenvalue weighted by atomic mass is 10.1. The molecule has 2 aromatic rings. The molecule has 0 aliphatic heterocycles. The van der Waals surface area contributed by atoms with E-state index in [1.54, 1.807) is 21.0 Å². The van der Waals surface area contributed by atoms with Crippen molar-refractivity contribution < 1.29 is 24.2 Å². The molecule has 0 radical (unpaired) electrons. The van der Waals surface area contributed by atoms with E-state index in [1.807, 2.05) is 0 Å². The molecule has 0 fully saturated rings. The number of nitrogens with one attached hydrogen (secondary N) is 1. The molecule has 0 aliphatic rings. The second kappa shape index (κ2) is 10.4. The van der Waals surface area contributed by atoms with E-state index in [2.05, 4.69) is 10.3 Å². The topological polar surface area (TPSA) is 120 Å². The van der Waals surface area contributed by atoms with Gasteiger partial charge in [-0.05, 0) is 32.0 Å². The number of methoxy groups -OCH3 is 2. The largest absolute Gasteiger partial charge is 0.465 e. The Balaban J connectivity index is 2.45. The SMILES string of the molecule is COCCNC(=O)[C@H](C)Sc1nc2cc(C(=O)OC)ccc2c(=O)n1C[C@@H](C)O. The highest BCUT2D eigenvalue weighted by Gasteiger charge is 2.20. The van der Waals surface area contributed by atoms with Crippen molar-refractivity contribution in [2.75, 3.05) is 27.4 Å². The van der Waals surface area contributed by atoms with Gasteiger partial charge in [-0.1, -0.05) is 11.8 Å². The van der Waals surface area contributed by atoms with Gasteiger partial charge in [-0.2, -0.15) is 0 Å². The molecule has 9 nitrogen and oxygen atoms in total. The molecular weight excluding hydrogens is 398 g/mol. The highest BCUT2D eigenvalue weighted by molar-refractivity contribution is 8.00. The van der Waals surface area contributed by atoms with E-state index in [0.717, 1.165) is 11.8 Å². The van der Waals surface area contributed by atoms with Crippen LogP contribution in [0.15, 0.2) is 28.2 Å². The van der Waals surface area contributed by atoms with Gasteiger partial charge in [0.25, 0.3) is 5.56 Å². The average Bonchev–Trinajstić information content (AvgIpc) is 2.69. The third-order valence-electron chi connectivity index (χ3n) is 4.05. The predicted octanol–water partition coefficient (Wildman–Crippen LogP) is 0.807. The molecule has 1 aromatic heterocycles. The van der Waals surface area contributed by atoms with Crippen LogP contribution in [-0.4, -0.2) is 65.3 Å². The number of benzene rings is 1. The molecule has 0 saturated heterocycles. The summed E-state index contributed by atoms with van der Waals surface area (Å²) in [6.07, 6.45) is -0.786. The van der Waals surface area contributed by atoms with Crippen LogP contribution in [0.25, 0.3) is 10.9 Å². The first-order valence-corrected chi connectivity index (χ1v) is 9.90. The second-order valence-corrected chi connectivity index (χ2v) is 7.73. The summed E-state index contributed by atoms with van der Waals surface area (Å²) in [5.74, 6) is -0.768. The number of aromatic nitrogens is 2. The maximum Gasteiger partial charge on any atom is 0.337 e. The molecule has 10 heteroatoms.